The van der Waals surface area contributed by atoms with Crippen LogP contribution in [0.5, 0.6) is 0 Å². The molecule has 1 saturated heterocycles. The first-order valence-corrected chi connectivity index (χ1v) is 11.7. The molecule has 0 bridgehead atoms. The Morgan fingerprint density at radius 3 is 2.69 bits per heavy atom. The highest BCUT2D eigenvalue weighted by Gasteiger charge is 2.19. The van der Waals surface area contributed by atoms with Crippen molar-refractivity contribution in [3.05, 3.63) is 77.5 Å². The summed E-state index contributed by atoms with van der Waals surface area (Å²) in [6, 6.07) is 3.39. The Balaban J connectivity index is 1.74. The number of nitrogens with one attached hydrogen (secondary N) is 2. The molecule has 2 N–H and O–H groups in total. The van der Waals surface area contributed by atoms with Crippen molar-refractivity contribution in [3.63, 3.8) is 0 Å². The molecule has 1 unspecified atom stereocenters. The van der Waals surface area contributed by atoms with Crippen molar-refractivity contribution < 1.29 is 4.39 Å². The van der Waals surface area contributed by atoms with Gasteiger partial charge >= 0.3 is 0 Å². The second-order valence-electron chi connectivity index (χ2n) is 8.45. The first-order chi connectivity index (χ1) is 15.3. The van der Waals surface area contributed by atoms with Crippen LogP contribution in [0.2, 0.25) is 0 Å². The molecule has 1 aromatic heterocycles. The van der Waals surface area contributed by atoms with Crippen molar-refractivity contribution in [2.45, 2.75) is 39.0 Å². The summed E-state index contributed by atoms with van der Waals surface area (Å²) in [5.41, 5.74) is 4.82. The van der Waals surface area contributed by atoms with Crippen LogP contribution in [0.15, 0.2) is 65.5 Å². The molecule has 1 aliphatic rings. The van der Waals surface area contributed by atoms with Crippen LogP contribution in [-0.2, 0) is 0 Å². The number of rotatable bonds is 9. The maximum Gasteiger partial charge on any atom is 0.233 e. The molecule has 1 aliphatic heterocycles. The lowest BCUT2D eigenvalue weighted by atomic mass is 10.1. The van der Waals surface area contributed by atoms with E-state index in [1.54, 1.807) is 18.5 Å². The smallest absolute Gasteiger partial charge is 0.233 e. The molecule has 1 atom stereocenters. The zero-order valence-electron chi connectivity index (χ0n) is 19.3. The number of aromatic nitrogens is 2. The molecular weight excluding hydrogens is 421 g/mol. The van der Waals surface area contributed by atoms with Crippen LogP contribution >= 0.6 is 11.9 Å². The second-order valence-corrected chi connectivity index (χ2v) is 9.29. The quantitative estimate of drug-likeness (QED) is 0.352. The third-order valence-electron chi connectivity index (χ3n) is 5.38. The number of allylic oxidation sites excluding steroid dienone is 4. The Morgan fingerprint density at radius 1 is 1.28 bits per heavy atom. The number of halogens is 1. The van der Waals surface area contributed by atoms with E-state index >= 15 is 0 Å². The molecule has 2 aromatic rings. The van der Waals surface area contributed by atoms with Crippen molar-refractivity contribution in [3.8, 4) is 0 Å². The zero-order valence-corrected chi connectivity index (χ0v) is 20.1. The number of hydrogen-bond donors (Lipinski definition) is 2. The van der Waals surface area contributed by atoms with E-state index in [0.717, 1.165) is 47.7 Å². The molecule has 0 radical (unpaired) electrons. The van der Waals surface area contributed by atoms with Crippen molar-refractivity contribution in [2.75, 3.05) is 29.7 Å². The standard InChI is InChI=1S/C25H32FN5S/c1-6-17(2)7-8-21(16-31-10-9-18(3)15-31)29-23-12-22(26)24(11-20(23)5)32-30-25-27-13-19(4)14-28-25/h6-8,11-14,18,29H,1,9-10,15-16H2,2-5H3,(H,27,28,30)/b17-7-,21-8+. The van der Waals surface area contributed by atoms with Gasteiger partial charge in [0, 0.05) is 36.9 Å². The van der Waals surface area contributed by atoms with Crippen molar-refractivity contribution in [1.29, 1.82) is 0 Å². The first kappa shape index (κ1) is 24.0. The topological polar surface area (TPSA) is 53.1 Å². The third-order valence-corrected chi connectivity index (χ3v) is 6.20. The lowest BCUT2D eigenvalue weighted by Crippen LogP contribution is -2.25. The monoisotopic (exact) mass is 453 g/mol. The summed E-state index contributed by atoms with van der Waals surface area (Å²) in [4.78, 5) is 11.3. The van der Waals surface area contributed by atoms with Gasteiger partial charge in [-0.25, -0.2) is 14.4 Å². The van der Waals surface area contributed by atoms with Gasteiger partial charge in [-0.15, -0.1) is 0 Å². The summed E-state index contributed by atoms with van der Waals surface area (Å²) in [6.07, 6.45) is 10.6. The lowest BCUT2D eigenvalue weighted by molar-refractivity contribution is 0.356. The summed E-state index contributed by atoms with van der Waals surface area (Å²) in [5, 5.41) is 3.46. The van der Waals surface area contributed by atoms with Crippen LogP contribution in [0.25, 0.3) is 0 Å². The molecule has 0 saturated carbocycles. The van der Waals surface area contributed by atoms with Crippen LogP contribution in [0.1, 0.15) is 31.4 Å². The molecule has 2 heterocycles. The van der Waals surface area contributed by atoms with Gasteiger partial charge in [-0.2, -0.15) is 0 Å². The fraction of sp³-hybridized carbons (Fsp3) is 0.360. The molecule has 32 heavy (non-hydrogen) atoms. The van der Waals surface area contributed by atoms with Gasteiger partial charge < -0.3 is 5.32 Å². The minimum Gasteiger partial charge on any atom is -0.358 e. The summed E-state index contributed by atoms with van der Waals surface area (Å²) in [7, 11) is 0. The fourth-order valence-corrected chi connectivity index (χ4v) is 4.13. The molecule has 7 heteroatoms. The number of benzene rings is 1. The molecule has 3 rings (SSSR count). The minimum absolute atomic E-state index is 0.297. The van der Waals surface area contributed by atoms with Crippen molar-refractivity contribution >= 4 is 23.6 Å². The predicted octanol–water partition coefficient (Wildman–Crippen LogP) is 6.12. The van der Waals surface area contributed by atoms with Gasteiger partial charge in [0.05, 0.1) is 4.90 Å². The number of hydrogen-bond acceptors (Lipinski definition) is 6. The van der Waals surface area contributed by atoms with Crippen LogP contribution in [0.4, 0.5) is 16.0 Å². The Morgan fingerprint density at radius 2 is 2.03 bits per heavy atom. The summed E-state index contributed by atoms with van der Waals surface area (Å²) in [6.45, 7) is 15.0. The summed E-state index contributed by atoms with van der Waals surface area (Å²) in [5.74, 6) is 0.867. The van der Waals surface area contributed by atoms with Gasteiger partial charge in [-0.3, -0.25) is 9.62 Å². The van der Waals surface area contributed by atoms with Gasteiger partial charge in [-0.05, 0) is 80.9 Å². The summed E-state index contributed by atoms with van der Waals surface area (Å²) < 4.78 is 17.9. The van der Waals surface area contributed by atoms with E-state index in [1.807, 2.05) is 39.0 Å². The van der Waals surface area contributed by atoms with Gasteiger partial charge in [0.25, 0.3) is 0 Å². The molecule has 1 fully saturated rings. The van der Waals surface area contributed by atoms with Gasteiger partial charge in [0.1, 0.15) is 5.82 Å². The maximum absolute atomic E-state index is 14.9. The number of aryl methyl sites for hydroxylation is 2. The van der Waals surface area contributed by atoms with E-state index in [0.29, 0.717) is 16.8 Å². The average Bonchev–Trinajstić information content (AvgIpc) is 3.18. The van der Waals surface area contributed by atoms with Gasteiger partial charge in [0.2, 0.25) is 5.95 Å². The molecular formula is C25H32FN5S. The number of likely N-dealkylation sites (tertiary alicyclic amines) is 1. The largest absolute Gasteiger partial charge is 0.358 e. The van der Waals surface area contributed by atoms with Crippen LogP contribution in [0, 0.1) is 25.6 Å². The predicted molar refractivity (Wildman–Crippen MR) is 133 cm³/mol. The van der Waals surface area contributed by atoms with Gasteiger partial charge in [-0.1, -0.05) is 31.2 Å². The van der Waals surface area contributed by atoms with E-state index in [4.69, 9.17) is 0 Å². The molecule has 5 nitrogen and oxygen atoms in total. The highest BCUT2D eigenvalue weighted by molar-refractivity contribution is 8.00. The van der Waals surface area contributed by atoms with E-state index < -0.39 is 0 Å². The average molecular weight is 454 g/mol. The highest BCUT2D eigenvalue weighted by atomic mass is 32.2. The molecule has 0 aliphatic carbocycles. The zero-order chi connectivity index (χ0) is 23.1. The molecule has 0 spiro atoms. The normalized spacial score (nSPS) is 17.5. The molecule has 1 aromatic carbocycles. The van der Waals surface area contributed by atoms with E-state index in [-0.39, 0.29) is 5.82 Å². The second kappa shape index (κ2) is 11.3. The van der Waals surface area contributed by atoms with Crippen molar-refractivity contribution in [2.24, 2.45) is 5.92 Å². The Labute approximate surface area is 195 Å². The van der Waals surface area contributed by atoms with Crippen molar-refractivity contribution in [1.82, 2.24) is 14.9 Å². The fourth-order valence-electron chi connectivity index (χ4n) is 3.43. The number of anilines is 2. The Bertz CT molecular complexity index is 1000. The van der Waals surface area contributed by atoms with Crippen LogP contribution in [-0.4, -0.2) is 34.5 Å². The SMILES string of the molecule is C=C/C(C)=C\C=C(/CN1CCC(C)C1)Nc1cc(F)c(SNc2ncc(C)cn2)cc1C. The Hall–Kier alpha value is -2.64. The minimum atomic E-state index is -0.297. The lowest BCUT2D eigenvalue weighted by Gasteiger charge is -2.20. The highest BCUT2D eigenvalue weighted by Crippen LogP contribution is 2.29. The maximum atomic E-state index is 14.9. The third kappa shape index (κ3) is 6.93. The first-order valence-electron chi connectivity index (χ1n) is 10.8. The number of nitrogens with zero attached hydrogens (tertiary/aromatic N) is 3. The van der Waals surface area contributed by atoms with E-state index in [2.05, 4.69) is 44.5 Å². The molecule has 170 valence electrons. The summed E-state index contributed by atoms with van der Waals surface area (Å²) >= 11 is 1.17. The van der Waals surface area contributed by atoms with E-state index in [9.17, 15) is 4.39 Å². The Kier molecular flexibility index (Phi) is 8.47. The van der Waals surface area contributed by atoms with Crippen LogP contribution in [0.3, 0.4) is 0 Å². The van der Waals surface area contributed by atoms with Crippen LogP contribution < -0.4 is 10.0 Å². The van der Waals surface area contributed by atoms with E-state index in [1.165, 1.54) is 18.4 Å². The van der Waals surface area contributed by atoms with Gasteiger partial charge in [0.15, 0.2) is 0 Å². The molecule has 0 amide bonds.